The molecule has 0 bridgehead atoms. The van der Waals surface area contributed by atoms with E-state index in [0.29, 0.717) is 34.2 Å². The largest absolute Gasteiger partial charge is 0.416 e. The summed E-state index contributed by atoms with van der Waals surface area (Å²) < 4.78 is 80.9. The topological polar surface area (TPSA) is 117 Å². The molecular formula is C59H58F6N10. The summed E-state index contributed by atoms with van der Waals surface area (Å²) in [6, 6.07) is 42.2. The van der Waals surface area contributed by atoms with Gasteiger partial charge in [-0.3, -0.25) is 0 Å². The lowest BCUT2D eigenvalue weighted by Crippen LogP contribution is -2.29. The summed E-state index contributed by atoms with van der Waals surface area (Å²) in [5, 5.41) is 28.2. The Bertz CT molecular complexity index is 3160. The van der Waals surface area contributed by atoms with Crippen molar-refractivity contribution >= 4 is 11.6 Å². The summed E-state index contributed by atoms with van der Waals surface area (Å²) in [7, 11) is 2.10. The molecular weight excluding hydrogens is 963 g/mol. The van der Waals surface area contributed by atoms with Gasteiger partial charge in [-0.25, -0.2) is 9.97 Å². The van der Waals surface area contributed by atoms with Crippen LogP contribution >= 0.6 is 0 Å². The first kappa shape index (κ1) is 52.3. The summed E-state index contributed by atoms with van der Waals surface area (Å²) in [4.78, 5) is 11.3. The molecule has 386 valence electrons. The number of halogens is 6. The molecule has 0 aliphatic carbocycles. The number of piperidine rings is 2. The van der Waals surface area contributed by atoms with Gasteiger partial charge in [0.15, 0.2) is 0 Å². The van der Waals surface area contributed by atoms with E-state index in [1.165, 1.54) is 12.1 Å². The van der Waals surface area contributed by atoms with Crippen molar-refractivity contribution in [1.82, 2.24) is 40.6 Å². The number of hydrogen-bond acceptors (Lipinski definition) is 10. The van der Waals surface area contributed by atoms with E-state index >= 15 is 0 Å². The number of pyridine rings is 2. The SMILES string of the molecule is CC(Nc1cc(-c2cc(C3CCN(C)CC3)nnc2-c2cccc(C(F)(F)F)c2)ccn1)c1ccccc1.CC(Nc1cc(-c2cc(C3CCNCC3)nnc2-c2cccc(C(F)(F)F)c2)ccn1)c1ccccc1. The summed E-state index contributed by atoms with van der Waals surface area (Å²) in [6.45, 7) is 7.86. The van der Waals surface area contributed by atoms with E-state index in [9.17, 15) is 26.3 Å². The maximum Gasteiger partial charge on any atom is 0.416 e. The van der Waals surface area contributed by atoms with Crippen LogP contribution in [0.3, 0.4) is 0 Å². The molecule has 75 heavy (non-hydrogen) atoms. The van der Waals surface area contributed by atoms with E-state index < -0.39 is 23.5 Å². The molecule has 2 unspecified atom stereocenters. The highest BCUT2D eigenvalue weighted by molar-refractivity contribution is 5.83. The number of nitrogens with one attached hydrogen (secondary N) is 3. The number of nitrogens with zero attached hydrogens (tertiary/aromatic N) is 7. The van der Waals surface area contributed by atoms with Gasteiger partial charge in [0.25, 0.3) is 0 Å². The van der Waals surface area contributed by atoms with Crippen molar-refractivity contribution in [3.05, 3.63) is 192 Å². The molecule has 2 atom stereocenters. The van der Waals surface area contributed by atoms with Gasteiger partial charge in [-0.05, 0) is 156 Å². The molecule has 2 aliphatic heterocycles. The van der Waals surface area contributed by atoms with Gasteiger partial charge in [0.2, 0.25) is 0 Å². The molecule has 4 aromatic carbocycles. The Morgan fingerprint density at radius 2 is 0.920 bits per heavy atom. The van der Waals surface area contributed by atoms with Gasteiger partial charge >= 0.3 is 12.4 Å². The fourth-order valence-electron chi connectivity index (χ4n) is 9.63. The highest BCUT2D eigenvalue weighted by Gasteiger charge is 2.32. The predicted molar refractivity (Wildman–Crippen MR) is 283 cm³/mol. The van der Waals surface area contributed by atoms with Gasteiger partial charge in [0.1, 0.15) is 23.0 Å². The standard InChI is InChI=1S/C30H30F3N5.C29H28F3N5/c1-20(21-7-4-3-5-8-21)35-28-18-23(11-14-34-28)26-19-27(22-12-15-38(2)16-13-22)36-37-29(26)24-9-6-10-25(17-24)30(31,32)33;1-19(20-6-3-2-4-7-20)35-27-17-22(12-15-34-27)25-18-26(21-10-13-33-14-11-21)36-37-28(25)23-8-5-9-24(16-23)29(30,31)32/h3-11,14,17-20,22H,12-13,15-16H2,1-2H3,(H,34,35);2-9,12,15-19,21,33H,10-11,13-14H2,1H3,(H,34,35). The van der Waals surface area contributed by atoms with Crippen LogP contribution in [0.25, 0.3) is 44.8 Å². The van der Waals surface area contributed by atoms with E-state index in [2.05, 4.69) is 72.1 Å². The second-order valence-electron chi connectivity index (χ2n) is 19.2. The first-order valence-corrected chi connectivity index (χ1v) is 25.2. The van der Waals surface area contributed by atoms with Crippen LogP contribution < -0.4 is 16.0 Å². The van der Waals surface area contributed by atoms with Crippen molar-refractivity contribution in [3.63, 3.8) is 0 Å². The molecule has 8 aromatic rings. The summed E-state index contributed by atoms with van der Waals surface area (Å²) in [5.41, 5.74) is 7.24. The second-order valence-corrected chi connectivity index (χ2v) is 19.2. The van der Waals surface area contributed by atoms with Gasteiger partial charge in [0.05, 0.1) is 22.5 Å². The monoisotopic (exact) mass is 1020 g/mol. The van der Waals surface area contributed by atoms with Crippen LogP contribution in [0.1, 0.15) is 97.1 Å². The summed E-state index contributed by atoms with van der Waals surface area (Å²) in [5.74, 6) is 1.85. The predicted octanol–water partition coefficient (Wildman–Crippen LogP) is 14.1. The quantitative estimate of drug-likeness (QED) is 0.102. The molecule has 6 heterocycles. The van der Waals surface area contributed by atoms with Gasteiger partial charge in [-0.1, -0.05) is 84.9 Å². The number of aromatic nitrogens is 6. The van der Waals surface area contributed by atoms with Gasteiger partial charge in [0, 0.05) is 58.6 Å². The number of likely N-dealkylation sites (tertiary alicyclic amines) is 1. The van der Waals surface area contributed by atoms with Crippen molar-refractivity contribution in [2.24, 2.45) is 0 Å². The molecule has 0 spiro atoms. The smallest absolute Gasteiger partial charge is 0.364 e. The Hall–Kier alpha value is -7.56. The van der Waals surface area contributed by atoms with E-state index in [0.717, 1.165) is 121 Å². The van der Waals surface area contributed by atoms with E-state index in [1.807, 2.05) is 97.1 Å². The zero-order chi connectivity index (χ0) is 52.5. The molecule has 2 aliphatic rings. The van der Waals surface area contributed by atoms with Crippen LogP contribution in [0.15, 0.2) is 158 Å². The van der Waals surface area contributed by atoms with Crippen LogP contribution in [0.4, 0.5) is 38.0 Å². The van der Waals surface area contributed by atoms with Crippen LogP contribution in [-0.4, -0.2) is 68.5 Å². The molecule has 16 heteroatoms. The number of rotatable bonds is 12. The highest BCUT2D eigenvalue weighted by Crippen LogP contribution is 2.40. The highest BCUT2D eigenvalue weighted by atomic mass is 19.4. The van der Waals surface area contributed by atoms with E-state index in [1.54, 1.807) is 24.5 Å². The molecule has 10 rings (SSSR count). The van der Waals surface area contributed by atoms with Crippen molar-refractivity contribution < 1.29 is 26.3 Å². The number of alkyl halides is 6. The molecule has 3 N–H and O–H groups in total. The van der Waals surface area contributed by atoms with Crippen molar-refractivity contribution in [2.45, 2.75) is 75.8 Å². The fraction of sp³-hybridized carbons (Fsp3) is 0.288. The average molecular weight is 1020 g/mol. The first-order valence-electron chi connectivity index (χ1n) is 25.2. The van der Waals surface area contributed by atoms with Crippen LogP contribution in [0.5, 0.6) is 0 Å². The second kappa shape index (κ2) is 23.3. The lowest BCUT2D eigenvalue weighted by atomic mass is 9.91. The van der Waals surface area contributed by atoms with E-state index in [4.69, 9.17) is 0 Å². The molecule has 0 amide bonds. The Morgan fingerprint density at radius 3 is 1.35 bits per heavy atom. The van der Waals surface area contributed by atoms with Crippen molar-refractivity contribution in [3.8, 4) is 44.8 Å². The minimum Gasteiger partial charge on any atom is -0.364 e. The third kappa shape index (κ3) is 13.2. The molecule has 0 radical (unpaired) electrons. The van der Waals surface area contributed by atoms with Crippen LogP contribution in [0, 0.1) is 0 Å². The maximum absolute atomic E-state index is 13.5. The van der Waals surface area contributed by atoms with E-state index in [-0.39, 0.29) is 23.9 Å². The zero-order valence-electron chi connectivity index (χ0n) is 41.9. The third-order valence-corrected chi connectivity index (χ3v) is 13.9. The molecule has 4 aromatic heterocycles. The molecule has 10 nitrogen and oxygen atoms in total. The molecule has 2 fully saturated rings. The zero-order valence-corrected chi connectivity index (χ0v) is 41.9. The number of anilines is 2. The average Bonchev–Trinajstić information content (AvgIpc) is 3.44. The van der Waals surface area contributed by atoms with Crippen molar-refractivity contribution in [2.75, 3.05) is 43.9 Å². The Morgan fingerprint density at radius 1 is 0.493 bits per heavy atom. The Balaban J connectivity index is 0.000000184. The first-order chi connectivity index (χ1) is 36.2. The van der Waals surface area contributed by atoms with Gasteiger partial charge in [-0.2, -0.15) is 36.5 Å². The molecule has 0 saturated carbocycles. The normalized spacial score (nSPS) is 15.6. The minimum atomic E-state index is -4.45. The minimum absolute atomic E-state index is 0.0206. The number of hydrogen-bond donors (Lipinski definition) is 3. The summed E-state index contributed by atoms with van der Waals surface area (Å²) >= 11 is 0. The summed E-state index contributed by atoms with van der Waals surface area (Å²) in [6.07, 6.45) is -1.67. The Kier molecular flexibility index (Phi) is 16.3. The maximum atomic E-state index is 13.5. The lowest BCUT2D eigenvalue weighted by Gasteiger charge is -2.28. The van der Waals surface area contributed by atoms with Crippen molar-refractivity contribution in [1.29, 1.82) is 0 Å². The van der Waals surface area contributed by atoms with Gasteiger partial charge in [-0.15, -0.1) is 10.2 Å². The van der Waals surface area contributed by atoms with Crippen LogP contribution in [0.2, 0.25) is 0 Å². The number of benzene rings is 4. The van der Waals surface area contributed by atoms with Gasteiger partial charge < -0.3 is 20.9 Å². The Labute approximate surface area is 433 Å². The molecule has 2 saturated heterocycles. The fourth-order valence-corrected chi connectivity index (χ4v) is 9.63. The lowest BCUT2D eigenvalue weighted by molar-refractivity contribution is -0.138. The third-order valence-electron chi connectivity index (χ3n) is 13.9. The van der Waals surface area contributed by atoms with Crippen LogP contribution in [-0.2, 0) is 12.4 Å².